The lowest BCUT2D eigenvalue weighted by atomic mass is 9.74. The van der Waals surface area contributed by atoms with Gasteiger partial charge in [-0.15, -0.1) is 0 Å². The Bertz CT molecular complexity index is 3570. The van der Waals surface area contributed by atoms with Crippen LogP contribution < -0.4 is 4.90 Å². The quantitative estimate of drug-likeness (QED) is 0.140. The molecule has 11 aromatic rings. The van der Waals surface area contributed by atoms with Gasteiger partial charge in [0.05, 0.1) is 17.1 Å². The molecular weight excluding hydrogens is 807 g/mol. The molecule has 316 valence electrons. The zero-order valence-electron chi connectivity index (χ0n) is 37.4. The standard InChI is InChI=1S/C66H47N/c1-66(51-28-9-4-10-29-51)59-37-15-11-33-58(59)65-57(36-21-38-60(65)66)55-32-14-18-41-63(55)67(61-39-16-12-30-52(61)49-44-42-47(43-45-49)46-22-5-2-6-23-46)62-40-17-13-31-54(62)56-35-20-27-50-26-19-34-53(64(50)56)48-24-7-3-8-25-48/h2-45H,1H3. The first-order chi connectivity index (χ1) is 33.2. The van der Waals surface area contributed by atoms with E-state index in [-0.39, 0.29) is 5.41 Å². The van der Waals surface area contributed by atoms with Crippen LogP contribution in [0.1, 0.15) is 23.6 Å². The second-order valence-electron chi connectivity index (χ2n) is 17.7. The van der Waals surface area contributed by atoms with E-state index in [1.807, 2.05) is 0 Å². The van der Waals surface area contributed by atoms with Crippen LogP contribution in [0.25, 0.3) is 77.5 Å². The summed E-state index contributed by atoms with van der Waals surface area (Å²) in [5.74, 6) is 0. The van der Waals surface area contributed by atoms with Gasteiger partial charge in [-0.25, -0.2) is 0 Å². The molecule has 0 saturated carbocycles. The maximum absolute atomic E-state index is 2.53. The lowest BCUT2D eigenvalue weighted by Crippen LogP contribution is -2.22. The van der Waals surface area contributed by atoms with Crippen LogP contribution in [0.4, 0.5) is 17.1 Å². The molecule has 0 heterocycles. The smallest absolute Gasteiger partial charge is 0.0540 e. The Labute approximate surface area is 393 Å². The summed E-state index contributed by atoms with van der Waals surface area (Å²) in [4.78, 5) is 2.53. The van der Waals surface area contributed by atoms with Gasteiger partial charge in [-0.3, -0.25) is 0 Å². The topological polar surface area (TPSA) is 3.24 Å². The van der Waals surface area contributed by atoms with Crippen LogP contribution in [0.15, 0.2) is 267 Å². The average molecular weight is 854 g/mol. The highest BCUT2D eigenvalue weighted by molar-refractivity contribution is 6.10. The first-order valence-electron chi connectivity index (χ1n) is 23.3. The fraction of sp³-hybridized carbons (Fsp3) is 0.0303. The van der Waals surface area contributed by atoms with Crippen molar-refractivity contribution in [2.45, 2.75) is 12.3 Å². The summed E-state index contributed by atoms with van der Waals surface area (Å²) < 4.78 is 0. The molecule has 0 aliphatic heterocycles. The molecule has 0 N–H and O–H groups in total. The number of hydrogen-bond acceptors (Lipinski definition) is 1. The van der Waals surface area contributed by atoms with E-state index >= 15 is 0 Å². The van der Waals surface area contributed by atoms with Gasteiger partial charge in [0.25, 0.3) is 0 Å². The number of fused-ring (bicyclic) bond motifs is 4. The minimum absolute atomic E-state index is 0.326. The first kappa shape index (κ1) is 40.0. The van der Waals surface area contributed by atoms with Crippen molar-refractivity contribution in [3.8, 4) is 66.8 Å². The van der Waals surface area contributed by atoms with Gasteiger partial charge >= 0.3 is 0 Å². The molecule has 1 unspecified atom stereocenters. The van der Waals surface area contributed by atoms with Gasteiger partial charge in [0, 0.05) is 22.1 Å². The van der Waals surface area contributed by atoms with Crippen molar-refractivity contribution in [3.05, 3.63) is 284 Å². The van der Waals surface area contributed by atoms with Crippen molar-refractivity contribution >= 4 is 27.8 Å². The summed E-state index contributed by atoms with van der Waals surface area (Å²) in [7, 11) is 0. The first-order valence-corrected chi connectivity index (χ1v) is 23.3. The number of para-hydroxylation sites is 3. The summed E-state index contributed by atoms with van der Waals surface area (Å²) in [5, 5.41) is 2.44. The van der Waals surface area contributed by atoms with Gasteiger partial charge in [-0.1, -0.05) is 249 Å². The van der Waals surface area contributed by atoms with E-state index in [4.69, 9.17) is 0 Å². The SMILES string of the molecule is CC1(c2ccccc2)c2ccccc2-c2c(-c3ccccc3N(c3ccccc3-c3ccc(-c4ccccc4)cc3)c3ccccc3-c3cccc4cccc(-c5ccccc5)c34)cccc21. The van der Waals surface area contributed by atoms with Crippen LogP contribution in [-0.2, 0) is 5.41 Å². The molecule has 0 saturated heterocycles. The van der Waals surface area contributed by atoms with Crippen molar-refractivity contribution in [2.24, 2.45) is 0 Å². The Morgan fingerprint density at radius 3 is 1.33 bits per heavy atom. The Morgan fingerprint density at radius 1 is 0.269 bits per heavy atom. The fourth-order valence-electron chi connectivity index (χ4n) is 10.8. The Balaban J connectivity index is 1.12. The average Bonchev–Trinajstić information content (AvgIpc) is 3.68. The zero-order valence-corrected chi connectivity index (χ0v) is 37.4. The van der Waals surface area contributed by atoms with Crippen LogP contribution in [0, 0.1) is 0 Å². The van der Waals surface area contributed by atoms with Crippen LogP contribution in [0.3, 0.4) is 0 Å². The zero-order chi connectivity index (χ0) is 44.7. The number of nitrogens with zero attached hydrogens (tertiary/aromatic N) is 1. The highest BCUT2D eigenvalue weighted by Crippen LogP contribution is 2.57. The summed E-state index contributed by atoms with van der Waals surface area (Å²) in [6.45, 7) is 2.40. The summed E-state index contributed by atoms with van der Waals surface area (Å²) in [6.07, 6.45) is 0. The molecule has 11 aromatic carbocycles. The molecule has 1 atom stereocenters. The van der Waals surface area contributed by atoms with Crippen LogP contribution in [0.5, 0.6) is 0 Å². The van der Waals surface area contributed by atoms with Crippen molar-refractivity contribution in [1.29, 1.82) is 0 Å². The third kappa shape index (κ3) is 6.79. The molecule has 0 spiro atoms. The molecule has 0 bridgehead atoms. The molecule has 0 radical (unpaired) electrons. The van der Waals surface area contributed by atoms with Crippen molar-refractivity contribution in [2.75, 3.05) is 4.90 Å². The molecule has 0 amide bonds. The second kappa shape index (κ2) is 16.8. The van der Waals surface area contributed by atoms with Gasteiger partial charge in [0.15, 0.2) is 0 Å². The number of benzene rings is 11. The van der Waals surface area contributed by atoms with Gasteiger partial charge < -0.3 is 4.90 Å². The Morgan fingerprint density at radius 2 is 0.672 bits per heavy atom. The monoisotopic (exact) mass is 853 g/mol. The molecular formula is C66H47N. The number of anilines is 3. The minimum atomic E-state index is -0.326. The van der Waals surface area contributed by atoms with Crippen LogP contribution >= 0.6 is 0 Å². The molecule has 0 fully saturated rings. The summed E-state index contributed by atoms with van der Waals surface area (Å²) in [6, 6.07) is 97.9. The normalized spacial score (nSPS) is 13.8. The van der Waals surface area contributed by atoms with E-state index < -0.39 is 0 Å². The van der Waals surface area contributed by atoms with Crippen molar-refractivity contribution in [1.82, 2.24) is 0 Å². The van der Waals surface area contributed by atoms with E-state index in [1.54, 1.807) is 0 Å². The highest BCUT2D eigenvalue weighted by atomic mass is 15.1. The maximum Gasteiger partial charge on any atom is 0.0540 e. The predicted molar refractivity (Wildman–Crippen MR) is 283 cm³/mol. The van der Waals surface area contributed by atoms with E-state index in [1.165, 1.54) is 77.5 Å². The van der Waals surface area contributed by atoms with Gasteiger partial charge in [0.2, 0.25) is 0 Å². The lowest BCUT2D eigenvalue weighted by molar-refractivity contribution is 0.714. The molecule has 1 nitrogen and oxygen atoms in total. The number of hydrogen-bond donors (Lipinski definition) is 0. The van der Waals surface area contributed by atoms with E-state index in [0.29, 0.717) is 0 Å². The van der Waals surface area contributed by atoms with Crippen LogP contribution in [0.2, 0.25) is 0 Å². The largest absolute Gasteiger partial charge is 0.309 e. The fourth-order valence-corrected chi connectivity index (χ4v) is 10.8. The van der Waals surface area contributed by atoms with Crippen molar-refractivity contribution < 1.29 is 0 Å². The number of rotatable bonds is 9. The summed E-state index contributed by atoms with van der Waals surface area (Å²) >= 11 is 0. The van der Waals surface area contributed by atoms with Crippen LogP contribution in [-0.4, -0.2) is 0 Å². The highest BCUT2D eigenvalue weighted by Gasteiger charge is 2.42. The lowest BCUT2D eigenvalue weighted by Gasteiger charge is -2.32. The third-order valence-electron chi connectivity index (χ3n) is 14.0. The van der Waals surface area contributed by atoms with E-state index in [0.717, 1.165) is 33.8 Å². The molecule has 67 heavy (non-hydrogen) atoms. The molecule has 12 rings (SSSR count). The van der Waals surface area contributed by atoms with Gasteiger partial charge in [0.1, 0.15) is 0 Å². The Hall–Kier alpha value is -8.52. The van der Waals surface area contributed by atoms with E-state index in [2.05, 4.69) is 279 Å². The van der Waals surface area contributed by atoms with Crippen molar-refractivity contribution in [3.63, 3.8) is 0 Å². The van der Waals surface area contributed by atoms with Gasteiger partial charge in [-0.2, -0.15) is 0 Å². The molecule has 0 aromatic heterocycles. The second-order valence-corrected chi connectivity index (χ2v) is 17.7. The predicted octanol–water partition coefficient (Wildman–Crippen LogP) is 18.0. The third-order valence-corrected chi connectivity index (χ3v) is 14.0. The molecule has 1 aliphatic carbocycles. The Kier molecular flexibility index (Phi) is 10.0. The minimum Gasteiger partial charge on any atom is -0.309 e. The van der Waals surface area contributed by atoms with E-state index in [9.17, 15) is 0 Å². The maximum atomic E-state index is 2.53. The molecule has 1 aliphatic rings. The van der Waals surface area contributed by atoms with Gasteiger partial charge in [-0.05, 0) is 103 Å². The summed E-state index contributed by atoms with van der Waals surface area (Å²) in [5.41, 5.74) is 21.3. The molecule has 1 heteroatoms.